The summed E-state index contributed by atoms with van der Waals surface area (Å²) in [5.74, 6) is 3.51. The highest BCUT2D eigenvalue weighted by molar-refractivity contribution is 8.07. The fourth-order valence-electron chi connectivity index (χ4n) is 2.60. The third kappa shape index (κ3) is 4.09. The predicted molar refractivity (Wildman–Crippen MR) is 92.2 cm³/mol. The molecule has 3 atom stereocenters. The van der Waals surface area contributed by atoms with Crippen molar-refractivity contribution in [3.05, 3.63) is 29.8 Å². The second-order valence-electron chi connectivity index (χ2n) is 4.95. The summed E-state index contributed by atoms with van der Waals surface area (Å²) in [6.07, 6.45) is 0. The summed E-state index contributed by atoms with van der Waals surface area (Å²) in [4.78, 5) is 0. The first kappa shape index (κ1) is 16.1. The molecular weight excluding hydrogens is 286 g/mol. The van der Waals surface area contributed by atoms with Gasteiger partial charge in [0.15, 0.2) is 0 Å². The van der Waals surface area contributed by atoms with Crippen LogP contribution in [0.15, 0.2) is 24.3 Å². The number of benzene rings is 1. The van der Waals surface area contributed by atoms with Crippen molar-refractivity contribution in [2.24, 2.45) is 0 Å². The van der Waals surface area contributed by atoms with E-state index in [1.54, 1.807) is 0 Å². The molecule has 2 nitrogen and oxygen atoms in total. The van der Waals surface area contributed by atoms with Crippen LogP contribution in [0, 0.1) is 0 Å². The number of hydrogen-bond acceptors (Lipinski definition) is 4. The van der Waals surface area contributed by atoms with Gasteiger partial charge in [0.05, 0.1) is 6.61 Å². The van der Waals surface area contributed by atoms with Crippen molar-refractivity contribution in [2.75, 3.05) is 24.7 Å². The Balaban J connectivity index is 2.14. The average molecular weight is 312 g/mol. The lowest BCUT2D eigenvalue weighted by molar-refractivity contribution is 0.340. The highest BCUT2D eigenvalue weighted by Gasteiger charge is 2.30. The molecule has 2 rings (SSSR count). The van der Waals surface area contributed by atoms with Crippen LogP contribution in [-0.4, -0.2) is 35.2 Å². The lowest BCUT2D eigenvalue weighted by Gasteiger charge is -2.35. The molecule has 0 radical (unpaired) electrons. The number of hydrogen-bond donors (Lipinski definition) is 1. The maximum atomic E-state index is 5.54. The molecule has 1 saturated heterocycles. The molecule has 0 aromatic heterocycles. The molecule has 0 saturated carbocycles. The number of nitrogens with one attached hydrogen (secondary N) is 1. The van der Waals surface area contributed by atoms with Crippen molar-refractivity contribution in [1.29, 1.82) is 0 Å². The molecule has 112 valence electrons. The molecule has 0 bridgehead atoms. The summed E-state index contributed by atoms with van der Waals surface area (Å²) in [5.41, 5.74) is 1.38. The van der Waals surface area contributed by atoms with Crippen LogP contribution >= 0.6 is 23.5 Å². The second-order valence-corrected chi connectivity index (χ2v) is 7.72. The zero-order valence-electron chi connectivity index (χ0n) is 12.6. The topological polar surface area (TPSA) is 21.3 Å². The Bertz CT molecular complexity index is 396. The maximum Gasteiger partial charge on any atom is 0.119 e. The Labute approximate surface area is 131 Å². The van der Waals surface area contributed by atoms with Gasteiger partial charge in [0.25, 0.3) is 0 Å². The summed E-state index contributed by atoms with van der Waals surface area (Å²) in [7, 11) is 0. The van der Waals surface area contributed by atoms with Crippen molar-refractivity contribution < 1.29 is 4.74 Å². The summed E-state index contributed by atoms with van der Waals surface area (Å²) in [6.45, 7) is 8.30. The van der Waals surface area contributed by atoms with Crippen LogP contribution in [0.4, 0.5) is 0 Å². The predicted octanol–water partition coefficient (Wildman–Crippen LogP) is 3.97. The van der Waals surface area contributed by atoms with Crippen LogP contribution < -0.4 is 10.1 Å². The van der Waals surface area contributed by atoms with E-state index in [4.69, 9.17) is 4.74 Å². The highest BCUT2D eigenvalue weighted by atomic mass is 32.2. The Morgan fingerprint density at radius 1 is 1.20 bits per heavy atom. The van der Waals surface area contributed by atoms with E-state index < -0.39 is 0 Å². The molecule has 1 fully saturated rings. The van der Waals surface area contributed by atoms with Gasteiger partial charge in [-0.15, -0.1) is 0 Å². The molecule has 0 amide bonds. The molecule has 1 aliphatic rings. The van der Waals surface area contributed by atoms with Gasteiger partial charge in [-0.25, -0.2) is 0 Å². The zero-order valence-corrected chi connectivity index (χ0v) is 14.2. The van der Waals surface area contributed by atoms with Crippen LogP contribution in [0.25, 0.3) is 0 Å². The summed E-state index contributed by atoms with van der Waals surface area (Å²) in [6, 6.07) is 9.04. The van der Waals surface area contributed by atoms with Crippen LogP contribution in [0.3, 0.4) is 0 Å². The van der Waals surface area contributed by atoms with Gasteiger partial charge in [0, 0.05) is 28.0 Å². The van der Waals surface area contributed by atoms with Gasteiger partial charge in [-0.3, -0.25) is 0 Å². The van der Waals surface area contributed by atoms with Crippen LogP contribution in [0.5, 0.6) is 5.75 Å². The van der Waals surface area contributed by atoms with Crippen molar-refractivity contribution >= 4 is 23.5 Å². The molecule has 4 heteroatoms. The molecule has 1 N–H and O–H groups in total. The van der Waals surface area contributed by atoms with Crippen molar-refractivity contribution in [1.82, 2.24) is 5.32 Å². The molecule has 1 heterocycles. The minimum absolute atomic E-state index is 0.434. The van der Waals surface area contributed by atoms with E-state index in [1.165, 1.54) is 17.1 Å². The van der Waals surface area contributed by atoms with Gasteiger partial charge in [-0.2, -0.15) is 23.5 Å². The molecule has 1 aromatic carbocycles. The minimum atomic E-state index is 0.434. The minimum Gasteiger partial charge on any atom is -0.494 e. The first-order valence-electron chi connectivity index (χ1n) is 7.45. The molecule has 0 aliphatic carbocycles. The Hall–Kier alpha value is -0.320. The molecule has 20 heavy (non-hydrogen) atoms. The van der Waals surface area contributed by atoms with Crippen LogP contribution in [0.1, 0.15) is 32.4 Å². The SMILES string of the molecule is CCNC(c1ccc(OCC)cc1)C1SCCSC1C. The summed E-state index contributed by atoms with van der Waals surface area (Å²) in [5, 5.41) is 5.02. The first-order valence-corrected chi connectivity index (χ1v) is 9.55. The summed E-state index contributed by atoms with van der Waals surface area (Å²) < 4.78 is 5.54. The summed E-state index contributed by atoms with van der Waals surface area (Å²) >= 11 is 4.21. The lowest BCUT2D eigenvalue weighted by atomic mass is 10.0. The maximum absolute atomic E-state index is 5.54. The molecule has 1 aliphatic heterocycles. The Morgan fingerprint density at radius 2 is 1.90 bits per heavy atom. The van der Waals surface area contributed by atoms with E-state index in [0.29, 0.717) is 16.5 Å². The zero-order chi connectivity index (χ0) is 14.4. The van der Waals surface area contributed by atoms with E-state index in [2.05, 4.69) is 67.0 Å². The normalized spacial score (nSPS) is 24.4. The third-order valence-corrected chi connectivity index (χ3v) is 6.73. The highest BCUT2D eigenvalue weighted by Crippen LogP contribution is 2.38. The first-order chi connectivity index (χ1) is 9.76. The van der Waals surface area contributed by atoms with Gasteiger partial charge in [-0.05, 0) is 31.2 Å². The standard InChI is InChI=1S/C16H25NOS2/c1-4-17-15(16-12(3)19-10-11-20-16)13-6-8-14(9-7-13)18-5-2/h6-9,12,15-17H,4-5,10-11H2,1-3H3. The Kier molecular flexibility index (Phi) is 6.59. The van der Waals surface area contributed by atoms with E-state index in [1.807, 2.05) is 6.92 Å². The van der Waals surface area contributed by atoms with Crippen molar-refractivity contribution in [3.8, 4) is 5.75 Å². The fourth-order valence-corrected chi connectivity index (χ4v) is 5.55. The monoisotopic (exact) mass is 311 g/mol. The van der Waals surface area contributed by atoms with E-state index in [0.717, 1.165) is 18.9 Å². The van der Waals surface area contributed by atoms with E-state index in [-0.39, 0.29) is 0 Å². The third-order valence-electron chi connectivity index (χ3n) is 3.54. The average Bonchev–Trinajstić information content (AvgIpc) is 2.47. The second kappa shape index (κ2) is 8.20. The number of rotatable bonds is 6. The van der Waals surface area contributed by atoms with Crippen molar-refractivity contribution in [2.45, 2.75) is 37.3 Å². The molecule has 0 spiro atoms. The van der Waals surface area contributed by atoms with Crippen LogP contribution in [0.2, 0.25) is 0 Å². The van der Waals surface area contributed by atoms with Gasteiger partial charge in [0.2, 0.25) is 0 Å². The molecular formula is C16H25NOS2. The lowest BCUT2D eigenvalue weighted by Crippen LogP contribution is -2.37. The largest absolute Gasteiger partial charge is 0.494 e. The van der Waals surface area contributed by atoms with Crippen molar-refractivity contribution in [3.63, 3.8) is 0 Å². The van der Waals surface area contributed by atoms with Crippen LogP contribution in [-0.2, 0) is 0 Å². The fraction of sp³-hybridized carbons (Fsp3) is 0.625. The molecule has 3 unspecified atom stereocenters. The Morgan fingerprint density at radius 3 is 2.50 bits per heavy atom. The van der Waals surface area contributed by atoms with E-state index in [9.17, 15) is 0 Å². The van der Waals surface area contributed by atoms with E-state index >= 15 is 0 Å². The van der Waals surface area contributed by atoms with Gasteiger partial charge in [0.1, 0.15) is 5.75 Å². The number of thioether (sulfide) groups is 2. The van der Waals surface area contributed by atoms with Gasteiger partial charge >= 0.3 is 0 Å². The van der Waals surface area contributed by atoms with Gasteiger partial charge in [-0.1, -0.05) is 26.0 Å². The number of ether oxygens (including phenoxy) is 1. The quantitative estimate of drug-likeness (QED) is 0.857. The van der Waals surface area contributed by atoms with Gasteiger partial charge < -0.3 is 10.1 Å². The molecule has 1 aromatic rings. The smallest absolute Gasteiger partial charge is 0.119 e.